The Morgan fingerprint density at radius 1 is 1.60 bits per heavy atom. The highest BCUT2D eigenvalue weighted by atomic mass is 16.4. The van der Waals surface area contributed by atoms with Crippen LogP contribution in [0.5, 0.6) is 0 Å². The molecule has 0 aromatic heterocycles. The van der Waals surface area contributed by atoms with Gasteiger partial charge < -0.3 is 16.0 Å². The summed E-state index contributed by atoms with van der Waals surface area (Å²) >= 11 is 0. The molecule has 1 saturated heterocycles. The van der Waals surface area contributed by atoms with Crippen molar-refractivity contribution < 1.29 is 10.3 Å². The molecule has 15 heavy (non-hydrogen) atoms. The van der Waals surface area contributed by atoms with Crippen molar-refractivity contribution in [3.63, 3.8) is 0 Å². The fourth-order valence-corrected chi connectivity index (χ4v) is 2.15. The summed E-state index contributed by atoms with van der Waals surface area (Å²) in [5.41, 5.74) is 5.45. The molecule has 5 heteroatoms. The molecule has 5 nitrogen and oxygen atoms in total. The van der Waals surface area contributed by atoms with Crippen LogP contribution in [0.1, 0.15) is 26.2 Å². The van der Waals surface area contributed by atoms with Gasteiger partial charge in [-0.1, -0.05) is 18.5 Å². The van der Waals surface area contributed by atoms with Crippen LogP contribution in [0.25, 0.3) is 0 Å². The molecule has 0 spiro atoms. The number of hydrogen-bond acceptors (Lipinski definition) is 4. The van der Waals surface area contributed by atoms with Crippen molar-refractivity contribution in [2.75, 3.05) is 19.6 Å². The number of aliphatic hydroxyl groups is 1. The van der Waals surface area contributed by atoms with E-state index in [1.54, 1.807) is 0 Å². The van der Waals surface area contributed by atoms with Crippen LogP contribution in [0.2, 0.25) is 0 Å². The monoisotopic (exact) mass is 215 g/mol. The molecule has 0 unspecified atom stereocenters. The highest BCUT2D eigenvalue weighted by Crippen LogP contribution is 2.21. The van der Waals surface area contributed by atoms with Crippen molar-refractivity contribution in [1.82, 2.24) is 4.90 Å². The SMILES string of the molecule is CCC[C@@H]1CN(CC(N)=NO)CC[C@@H]1O. The van der Waals surface area contributed by atoms with E-state index in [1.807, 2.05) is 0 Å². The lowest BCUT2D eigenvalue weighted by Gasteiger charge is -2.35. The van der Waals surface area contributed by atoms with E-state index in [9.17, 15) is 5.11 Å². The molecule has 4 N–H and O–H groups in total. The molecule has 2 atom stereocenters. The molecule has 0 saturated carbocycles. The fourth-order valence-electron chi connectivity index (χ4n) is 2.15. The Balaban J connectivity index is 2.42. The molecule has 1 aliphatic heterocycles. The second kappa shape index (κ2) is 5.92. The van der Waals surface area contributed by atoms with Crippen molar-refractivity contribution in [2.24, 2.45) is 16.8 Å². The first-order chi connectivity index (χ1) is 7.17. The molecule has 0 radical (unpaired) electrons. The van der Waals surface area contributed by atoms with Crippen LogP contribution in [0, 0.1) is 5.92 Å². The molecule has 0 aromatic carbocycles. The minimum atomic E-state index is -0.187. The zero-order valence-corrected chi connectivity index (χ0v) is 9.26. The second-order valence-electron chi connectivity index (χ2n) is 4.23. The summed E-state index contributed by atoms with van der Waals surface area (Å²) in [5, 5.41) is 21.2. The molecule has 0 aromatic rings. The van der Waals surface area contributed by atoms with E-state index < -0.39 is 0 Å². The van der Waals surface area contributed by atoms with Gasteiger partial charge >= 0.3 is 0 Å². The van der Waals surface area contributed by atoms with Gasteiger partial charge in [0, 0.05) is 13.1 Å². The number of oxime groups is 1. The number of nitrogens with zero attached hydrogens (tertiary/aromatic N) is 2. The first-order valence-corrected chi connectivity index (χ1v) is 5.54. The second-order valence-corrected chi connectivity index (χ2v) is 4.23. The number of aliphatic hydroxyl groups excluding tert-OH is 1. The van der Waals surface area contributed by atoms with Crippen LogP contribution in [-0.2, 0) is 0 Å². The number of nitrogens with two attached hydrogens (primary N) is 1. The maximum Gasteiger partial charge on any atom is 0.153 e. The first-order valence-electron chi connectivity index (χ1n) is 5.54. The predicted molar refractivity (Wildman–Crippen MR) is 58.9 cm³/mol. The predicted octanol–water partition coefficient (Wildman–Crippen LogP) is 0.216. The van der Waals surface area contributed by atoms with Crippen molar-refractivity contribution in [3.05, 3.63) is 0 Å². The number of rotatable bonds is 4. The van der Waals surface area contributed by atoms with Crippen LogP contribution in [0.4, 0.5) is 0 Å². The summed E-state index contributed by atoms with van der Waals surface area (Å²) in [7, 11) is 0. The lowest BCUT2D eigenvalue weighted by Crippen LogP contribution is -2.46. The van der Waals surface area contributed by atoms with E-state index in [-0.39, 0.29) is 11.9 Å². The molecular formula is C10H21N3O2. The number of hydrogen-bond donors (Lipinski definition) is 3. The normalized spacial score (nSPS) is 29.3. The first kappa shape index (κ1) is 12.3. The maximum atomic E-state index is 9.77. The fraction of sp³-hybridized carbons (Fsp3) is 0.900. The molecule has 1 rings (SSSR count). The molecular weight excluding hydrogens is 194 g/mol. The summed E-state index contributed by atoms with van der Waals surface area (Å²) in [6.45, 7) is 4.27. The largest absolute Gasteiger partial charge is 0.409 e. The lowest BCUT2D eigenvalue weighted by atomic mass is 9.91. The van der Waals surface area contributed by atoms with Gasteiger partial charge in [-0.05, 0) is 18.8 Å². The summed E-state index contributed by atoms with van der Waals surface area (Å²) in [6, 6.07) is 0. The highest BCUT2D eigenvalue weighted by Gasteiger charge is 2.27. The molecule has 88 valence electrons. The third-order valence-electron chi connectivity index (χ3n) is 2.95. The third kappa shape index (κ3) is 3.68. The van der Waals surface area contributed by atoms with Crippen molar-refractivity contribution in [1.29, 1.82) is 0 Å². The van der Waals surface area contributed by atoms with Crippen molar-refractivity contribution in [2.45, 2.75) is 32.3 Å². The molecule has 0 amide bonds. The van der Waals surface area contributed by atoms with Gasteiger partial charge in [0.25, 0.3) is 0 Å². The van der Waals surface area contributed by atoms with Crippen LogP contribution < -0.4 is 5.73 Å². The average Bonchev–Trinajstić information content (AvgIpc) is 2.23. The Morgan fingerprint density at radius 3 is 2.93 bits per heavy atom. The summed E-state index contributed by atoms with van der Waals surface area (Å²) in [6.07, 6.45) is 2.71. The lowest BCUT2D eigenvalue weighted by molar-refractivity contribution is 0.0280. The van der Waals surface area contributed by atoms with Gasteiger partial charge in [-0.25, -0.2) is 0 Å². The Kier molecular flexibility index (Phi) is 4.84. The van der Waals surface area contributed by atoms with Crippen LogP contribution in [0.15, 0.2) is 5.16 Å². The van der Waals surface area contributed by atoms with Crippen molar-refractivity contribution in [3.8, 4) is 0 Å². The Morgan fingerprint density at radius 2 is 2.33 bits per heavy atom. The summed E-state index contributed by atoms with van der Waals surface area (Å²) < 4.78 is 0. The highest BCUT2D eigenvalue weighted by molar-refractivity contribution is 5.81. The quantitative estimate of drug-likeness (QED) is 0.271. The topological polar surface area (TPSA) is 82.1 Å². The van der Waals surface area contributed by atoms with E-state index in [4.69, 9.17) is 10.9 Å². The third-order valence-corrected chi connectivity index (χ3v) is 2.95. The molecule has 0 bridgehead atoms. The van der Waals surface area contributed by atoms with Gasteiger partial charge in [-0.2, -0.15) is 0 Å². The number of piperidine rings is 1. The maximum absolute atomic E-state index is 9.77. The minimum absolute atomic E-state index is 0.187. The Bertz CT molecular complexity index is 221. The Hall–Kier alpha value is -0.810. The van der Waals surface area contributed by atoms with Gasteiger partial charge in [-0.15, -0.1) is 0 Å². The van der Waals surface area contributed by atoms with Crippen molar-refractivity contribution >= 4 is 5.84 Å². The zero-order chi connectivity index (χ0) is 11.3. The van der Waals surface area contributed by atoms with Crippen LogP contribution in [-0.4, -0.2) is 46.8 Å². The number of likely N-dealkylation sites (tertiary alicyclic amines) is 1. The smallest absolute Gasteiger partial charge is 0.153 e. The standard InChI is InChI=1S/C10H21N3O2/c1-2-3-8-6-13(5-4-9(8)14)7-10(11)12-15/h8-9,14-15H,2-7H2,1H3,(H2,11,12)/t8-,9+/m1/s1. The summed E-state index contributed by atoms with van der Waals surface area (Å²) in [4.78, 5) is 2.13. The average molecular weight is 215 g/mol. The van der Waals surface area contributed by atoms with Gasteiger partial charge in [-0.3, -0.25) is 4.90 Å². The zero-order valence-electron chi connectivity index (χ0n) is 9.26. The molecule has 0 aliphatic carbocycles. The Labute approximate surface area is 90.6 Å². The summed E-state index contributed by atoms with van der Waals surface area (Å²) in [5.74, 6) is 0.567. The van der Waals surface area contributed by atoms with E-state index in [0.717, 1.165) is 32.4 Å². The van der Waals surface area contributed by atoms with Gasteiger partial charge in [0.2, 0.25) is 0 Å². The van der Waals surface area contributed by atoms with Crippen LogP contribution >= 0.6 is 0 Å². The van der Waals surface area contributed by atoms with E-state index >= 15 is 0 Å². The van der Waals surface area contributed by atoms with Gasteiger partial charge in [0.05, 0.1) is 12.6 Å². The molecule has 1 fully saturated rings. The van der Waals surface area contributed by atoms with E-state index in [1.165, 1.54) is 0 Å². The van der Waals surface area contributed by atoms with E-state index in [0.29, 0.717) is 12.5 Å². The number of amidine groups is 1. The molecule has 1 aliphatic rings. The van der Waals surface area contributed by atoms with E-state index in [2.05, 4.69) is 17.0 Å². The molecule has 1 heterocycles. The van der Waals surface area contributed by atoms with Gasteiger partial charge in [0.15, 0.2) is 5.84 Å². The van der Waals surface area contributed by atoms with Gasteiger partial charge in [0.1, 0.15) is 0 Å². The minimum Gasteiger partial charge on any atom is -0.409 e. The van der Waals surface area contributed by atoms with Crippen LogP contribution in [0.3, 0.4) is 0 Å².